The van der Waals surface area contributed by atoms with E-state index < -0.39 is 8.80 Å². The van der Waals surface area contributed by atoms with E-state index in [1.165, 1.54) is 116 Å². The van der Waals surface area contributed by atoms with E-state index >= 15 is 0 Å². The van der Waals surface area contributed by atoms with Gasteiger partial charge in [0.25, 0.3) is 0 Å². The van der Waals surface area contributed by atoms with Crippen LogP contribution >= 0.6 is 0 Å². The lowest BCUT2D eigenvalue weighted by atomic mass is 10.0. The molecule has 7 heteroatoms. The first-order valence-corrected chi connectivity index (χ1v) is 18.1. The van der Waals surface area contributed by atoms with Gasteiger partial charge in [0.05, 0.1) is 27.2 Å². The molecule has 0 fully saturated rings. The minimum atomic E-state index is -2.48. The van der Waals surface area contributed by atoms with Gasteiger partial charge in [-0.3, -0.25) is 0 Å². The summed E-state index contributed by atoms with van der Waals surface area (Å²) in [7, 11) is 2.26. The Kier molecular flexibility index (Phi) is 35.8. The highest BCUT2D eigenvalue weighted by Crippen LogP contribution is 2.20. The van der Waals surface area contributed by atoms with Crippen LogP contribution in [0.4, 0.5) is 0 Å². The lowest BCUT2D eigenvalue weighted by Crippen LogP contribution is -3.00. The van der Waals surface area contributed by atoms with E-state index in [4.69, 9.17) is 18.4 Å². The standard InChI is InChI=1S/C29H64NO3Si.C2H6O.ClH/c1-7-11-12-13-14-15-16-17-18-19-20-21-22-23-24-25-27-30(5,6)28-26-29-34(31-8-2,32-9-3)33-10-4;1-2-3;/h7-29H2,1-6H3;3H,2H2,1H3;1H/q+1;;/p-1. The molecular weight excluding hydrogens is 514 g/mol. The maximum atomic E-state index is 7.57. The van der Waals surface area contributed by atoms with Gasteiger partial charge in [0.2, 0.25) is 0 Å². The Morgan fingerprint density at radius 3 is 1.11 bits per heavy atom. The van der Waals surface area contributed by atoms with Crippen molar-refractivity contribution in [1.29, 1.82) is 0 Å². The molecule has 0 aliphatic rings. The molecule has 0 spiro atoms. The normalized spacial score (nSPS) is 11.7. The zero-order chi connectivity index (χ0) is 28.1. The van der Waals surface area contributed by atoms with E-state index in [1.54, 1.807) is 6.92 Å². The topological polar surface area (TPSA) is 47.9 Å². The molecule has 38 heavy (non-hydrogen) atoms. The molecule has 0 amide bonds. The van der Waals surface area contributed by atoms with Gasteiger partial charge in [-0.15, -0.1) is 0 Å². The van der Waals surface area contributed by atoms with E-state index in [0.717, 1.165) is 16.9 Å². The van der Waals surface area contributed by atoms with Gasteiger partial charge >= 0.3 is 8.80 Å². The molecular formula is C31H70ClNO4Si. The summed E-state index contributed by atoms with van der Waals surface area (Å²) in [5, 5.41) is 7.57. The first kappa shape index (κ1) is 42.8. The second-order valence-electron chi connectivity index (χ2n) is 11.1. The van der Waals surface area contributed by atoms with E-state index in [0.29, 0.717) is 19.8 Å². The number of aliphatic hydroxyl groups excluding tert-OH is 1. The highest BCUT2D eigenvalue weighted by Gasteiger charge is 2.40. The molecule has 5 nitrogen and oxygen atoms in total. The lowest BCUT2D eigenvalue weighted by Gasteiger charge is -2.32. The zero-order valence-electron chi connectivity index (χ0n) is 27.0. The number of quaternary nitrogens is 1. The summed E-state index contributed by atoms with van der Waals surface area (Å²) in [6, 6.07) is 0.934. The van der Waals surface area contributed by atoms with Crippen molar-refractivity contribution in [3.63, 3.8) is 0 Å². The third-order valence-corrected chi connectivity index (χ3v) is 10.1. The van der Waals surface area contributed by atoms with Crippen molar-refractivity contribution in [3.8, 4) is 0 Å². The number of rotatable bonds is 27. The van der Waals surface area contributed by atoms with Gasteiger partial charge in [-0.05, 0) is 40.5 Å². The third kappa shape index (κ3) is 29.3. The first-order chi connectivity index (χ1) is 17.9. The summed E-state index contributed by atoms with van der Waals surface area (Å²) in [5.41, 5.74) is 0. The van der Waals surface area contributed by atoms with Crippen LogP contribution in [0.5, 0.6) is 0 Å². The van der Waals surface area contributed by atoms with Crippen molar-refractivity contribution in [2.45, 2.75) is 150 Å². The molecule has 0 bridgehead atoms. The van der Waals surface area contributed by atoms with Gasteiger partial charge in [0, 0.05) is 38.9 Å². The first-order valence-electron chi connectivity index (χ1n) is 16.2. The minimum Gasteiger partial charge on any atom is -1.00 e. The molecule has 0 aromatic heterocycles. The summed E-state index contributed by atoms with van der Waals surface area (Å²) in [6.07, 6.45) is 24.0. The Bertz CT molecular complexity index is 427. The molecule has 0 saturated heterocycles. The van der Waals surface area contributed by atoms with Crippen LogP contribution in [-0.2, 0) is 13.3 Å². The number of hydrogen-bond acceptors (Lipinski definition) is 4. The van der Waals surface area contributed by atoms with Crippen LogP contribution in [0.3, 0.4) is 0 Å². The highest BCUT2D eigenvalue weighted by molar-refractivity contribution is 6.60. The fourth-order valence-electron chi connectivity index (χ4n) is 4.92. The predicted octanol–water partition coefficient (Wildman–Crippen LogP) is 5.77. The van der Waals surface area contributed by atoms with Gasteiger partial charge in [-0.2, -0.15) is 0 Å². The average Bonchev–Trinajstić information content (AvgIpc) is 2.84. The van der Waals surface area contributed by atoms with Crippen molar-refractivity contribution in [1.82, 2.24) is 0 Å². The molecule has 0 radical (unpaired) electrons. The van der Waals surface area contributed by atoms with Crippen molar-refractivity contribution < 1.29 is 35.3 Å². The SMILES string of the molecule is CCCCCCCCCCCCCCCCCC[N+](C)(C)CCC[Si](OCC)(OCC)OCC.CCO.[Cl-]. The Morgan fingerprint density at radius 2 is 0.789 bits per heavy atom. The van der Waals surface area contributed by atoms with Crippen LogP contribution in [0, 0.1) is 0 Å². The third-order valence-electron chi connectivity index (χ3n) is 6.96. The summed E-state index contributed by atoms with van der Waals surface area (Å²) in [5.74, 6) is 0. The number of hydrogen-bond donors (Lipinski definition) is 1. The number of aliphatic hydroxyl groups is 1. The fraction of sp³-hybridized carbons (Fsp3) is 1.00. The number of unbranched alkanes of at least 4 members (excludes halogenated alkanes) is 15. The maximum absolute atomic E-state index is 7.57. The molecule has 0 aromatic rings. The molecule has 234 valence electrons. The van der Waals surface area contributed by atoms with Crippen LogP contribution in [0.25, 0.3) is 0 Å². The Labute approximate surface area is 247 Å². The maximum Gasteiger partial charge on any atom is 0.501 e. The summed E-state index contributed by atoms with van der Waals surface area (Å²) < 4.78 is 19.1. The monoisotopic (exact) mass is 583 g/mol. The largest absolute Gasteiger partial charge is 1.00 e. The van der Waals surface area contributed by atoms with Gasteiger partial charge in [-0.1, -0.05) is 96.8 Å². The number of nitrogens with zero attached hydrogens (tertiary/aromatic N) is 1. The smallest absolute Gasteiger partial charge is 0.501 e. The van der Waals surface area contributed by atoms with Crippen molar-refractivity contribution in [2.24, 2.45) is 0 Å². The Morgan fingerprint density at radius 1 is 0.500 bits per heavy atom. The van der Waals surface area contributed by atoms with E-state index in [2.05, 4.69) is 21.0 Å². The van der Waals surface area contributed by atoms with Gasteiger partial charge in [0.15, 0.2) is 0 Å². The number of halogens is 1. The van der Waals surface area contributed by atoms with E-state index in [9.17, 15) is 0 Å². The van der Waals surface area contributed by atoms with Crippen molar-refractivity contribution >= 4 is 8.80 Å². The quantitative estimate of drug-likeness (QED) is 0.0758. The van der Waals surface area contributed by atoms with Crippen LogP contribution in [0.15, 0.2) is 0 Å². The Hall–Kier alpha value is 0.307. The predicted molar refractivity (Wildman–Crippen MR) is 164 cm³/mol. The molecule has 0 saturated carbocycles. The second kappa shape index (κ2) is 31.8. The highest BCUT2D eigenvalue weighted by atomic mass is 35.5. The molecule has 0 aliphatic carbocycles. The van der Waals surface area contributed by atoms with Crippen molar-refractivity contribution in [3.05, 3.63) is 0 Å². The lowest BCUT2D eigenvalue weighted by molar-refractivity contribution is -0.890. The zero-order valence-corrected chi connectivity index (χ0v) is 28.7. The molecule has 0 heterocycles. The molecule has 0 aromatic carbocycles. The van der Waals surface area contributed by atoms with Crippen LogP contribution in [-0.4, -0.2) is 72.0 Å². The van der Waals surface area contributed by atoms with Gasteiger partial charge < -0.3 is 35.3 Å². The van der Waals surface area contributed by atoms with E-state index in [-0.39, 0.29) is 19.0 Å². The van der Waals surface area contributed by atoms with Crippen LogP contribution in [0.1, 0.15) is 144 Å². The van der Waals surface area contributed by atoms with Gasteiger partial charge in [0.1, 0.15) is 0 Å². The Balaban J connectivity index is -0.00000291. The van der Waals surface area contributed by atoms with Crippen LogP contribution in [0.2, 0.25) is 6.04 Å². The summed E-state index contributed by atoms with van der Waals surface area (Å²) in [6.45, 7) is 14.8. The van der Waals surface area contributed by atoms with Crippen LogP contribution < -0.4 is 12.4 Å². The minimum absolute atomic E-state index is 0. The molecule has 1 N–H and O–H groups in total. The summed E-state index contributed by atoms with van der Waals surface area (Å²) >= 11 is 0. The average molecular weight is 584 g/mol. The summed E-state index contributed by atoms with van der Waals surface area (Å²) in [4.78, 5) is 0. The van der Waals surface area contributed by atoms with Gasteiger partial charge in [-0.25, -0.2) is 0 Å². The second-order valence-corrected chi connectivity index (χ2v) is 13.8. The molecule has 0 rings (SSSR count). The fourth-order valence-corrected chi connectivity index (χ4v) is 7.52. The van der Waals surface area contributed by atoms with E-state index in [1.807, 2.05) is 20.8 Å². The van der Waals surface area contributed by atoms with Crippen molar-refractivity contribution in [2.75, 3.05) is 53.6 Å². The molecule has 0 unspecified atom stereocenters. The molecule has 0 aliphatic heterocycles. The molecule has 0 atom stereocenters.